The summed E-state index contributed by atoms with van der Waals surface area (Å²) in [6.45, 7) is 3.19. The number of sulfonamides is 1. The monoisotopic (exact) mass is 486 g/mol. The van der Waals surface area contributed by atoms with Crippen LogP contribution in [0.1, 0.15) is 5.82 Å². The highest BCUT2D eigenvalue weighted by Gasteiger charge is 2.30. The molecule has 170 valence electrons. The Bertz CT molecular complexity index is 1450. The number of aryl methyl sites for hydroxylation is 1. The first-order valence-electron chi connectivity index (χ1n) is 10.3. The van der Waals surface area contributed by atoms with Crippen LogP contribution in [0.2, 0.25) is 5.02 Å². The first kappa shape index (κ1) is 21.7. The first-order chi connectivity index (χ1) is 15.8. The van der Waals surface area contributed by atoms with Crippen LogP contribution in [0, 0.1) is 12.7 Å². The summed E-state index contributed by atoms with van der Waals surface area (Å²) >= 11 is 6.14. The van der Waals surface area contributed by atoms with E-state index < -0.39 is 15.8 Å². The Hall–Kier alpha value is -3.08. The lowest BCUT2D eigenvalue weighted by Gasteiger charge is -2.34. The zero-order valence-electron chi connectivity index (χ0n) is 17.7. The van der Waals surface area contributed by atoms with Crippen molar-refractivity contribution in [1.82, 2.24) is 24.1 Å². The maximum atomic E-state index is 13.6. The third kappa shape index (κ3) is 4.05. The molecule has 0 N–H and O–H groups in total. The quantitative estimate of drug-likeness (QED) is 0.439. The predicted octanol–water partition coefficient (Wildman–Crippen LogP) is 3.43. The molecule has 0 bridgehead atoms. The second kappa shape index (κ2) is 8.36. The molecule has 5 rings (SSSR count). The number of piperazine rings is 1. The van der Waals surface area contributed by atoms with E-state index in [0.717, 1.165) is 17.1 Å². The molecule has 0 atom stereocenters. The molecule has 0 amide bonds. The molecule has 11 heteroatoms. The highest BCUT2D eigenvalue weighted by atomic mass is 35.5. The Morgan fingerprint density at radius 1 is 1.00 bits per heavy atom. The lowest BCUT2D eigenvalue weighted by molar-refractivity contribution is 0.384. The van der Waals surface area contributed by atoms with Gasteiger partial charge in [-0.25, -0.2) is 27.5 Å². The lowest BCUT2D eigenvalue weighted by Crippen LogP contribution is -2.49. The van der Waals surface area contributed by atoms with E-state index in [0.29, 0.717) is 35.4 Å². The fourth-order valence-electron chi connectivity index (χ4n) is 3.95. The smallest absolute Gasteiger partial charge is 0.243 e. The summed E-state index contributed by atoms with van der Waals surface area (Å²) in [5.41, 5.74) is 1.43. The standard InChI is InChI=1S/C22H20ClFN6O2S/c1-15-26-21(20-14-25-30(22(20)27-15)18-6-2-4-16(23)12-18)28-8-10-29(11-9-28)33(31,32)19-7-3-5-17(24)13-19/h2-7,12-14H,8-11H2,1H3. The van der Waals surface area contributed by atoms with Gasteiger partial charge >= 0.3 is 0 Å². The topological polar surface area (TPSA) is 84.2 Å². The number of fused-ring (bicyclic) bond motifs is 1. The number of aromatic nitrogens is 4. The van der Waals surface area contributed by atoms with E-state index in [-0.39, 0.29) is 18.0 Å². The summed E-state index contributed by atoms with van der Waals surface area (Å²) in [4.78, 5) is 11.2. The summed E-state index contributed by atoms with van der Waals surface area (Å²) in [6, 6.07) is 12.4. The Labute approximate surface area is 195 Å². The highest BCUT2D eigenvalue weighted by molar-refractivity contribution is 7.89. The third-order valence-corrected chi connectivity index (χ3v) is 7.67. The number of hydrogen-bond donors (Lipinski definition) is 0. The van der Waals surface area contributed by atoms with E-state index in [1.165, 1.54) is 22.5 Å². The van der Waals surface area contributed by atoms with E-state index in [1.807, 2.05) is 24.0 Å². The van der Waals surface area contributed by atoms with Crippen LogP contribution in [0.25, 0.3) is 16.7 Å². The fraction of sp³-hybridized carbons (Fsp3) is 0.227. The first-order valence-corrected chi connectivity index (χ1v) is 12.1. The van der Waals surface area contributed by atoms with Crippen molar-refractivity contribution in [1.29, 1.82) is 0 Å². The van der Waals surface area contributed by atoms with Crippen molar-refractivity contribution in [3.63, 3.8) is 0 Å². The minimum atomic E-state index is -3.77. The van der Waals surface area contributed by atoms with E-state index >= 15 is 0 Å². The molecule has 0 aliphatic carbocycles. The van der Waals surface area contributed by atoms with Crippen LogP contribution < -0.4 is 4.90 Å². The number of benzene rings is 2. The van der Waals surface area contributed by atoms with Crippen molar-refractivity contribution < 1.29 is 12.8 Å². The molecule has 8 nitrogen and oxygen atoms in total. The van der Waals surface area contributed by atoms with Gasteiger partial charge in [0.15, 0.2) is 5.65 Å². The van der Waals surface area contributed by atoms with Crippen LogP contribution in [-0.2, 0) is 10.0 Å². The normalized spacial score (nSPS) is 15.3. The van der Waals surface area contributed by atoms with Gasteiger partial charge in [-0.15, -0.1) is 0 Å². The minimum absolute atomic E-state index is 0.0426. The Kier molecular flexibility index (Phi) is 5.51. The predicted molar refractivity (Wildman–Crippen MR) is 124 cm³/mol. The molecule has 3 heterocycles. The van der Waals surface area contributed by atoms with Gasteiger partial charge in [0, 0.05) is 31.2 Å². The van der Waals surface area contributed by atoms with E-state index in [4.69, 9.17) is 11.6 Å². The lowest BCUT2D eigenvalue weighted by atomic mass is 10.3. The van der Waals surface area contributed by atoms with Gasteiger partial charge in [0.05, 0.1) is 22.2 Å². The molecule has 1 fully saturated rings. The number of hydrogen-bond acceptors (Lipinski definition) is 6. The molecule has 33 heavy (non-hydrogen) atoms. The van der Waals surface area contributed by atoms with Crippen LogP contribution in [0.4, 0.5) is 10.2 Å². The molecule has 2 aromatic carbocycles. The van der Waals surface area contributed by atoms with Crippen LogP contribution in [0.3, 0.4) is 0 Å². The van der Waals surface area contributed by atoms with Crippen molar-refractivity contribution in [2.24, 2.45) is 0 Å². The van der Waals surface area contributed by atoms with Crippen LogP contribution in [0.5, 0.6) is 0 Å². The maximum Gasteiger partial charge on any atom is 0.243 e. The Morgan fingerprint density at radius 2 is 1.76 bits per heavy atom. The number of anilines is 1. The molecule has 2 aromatic heterocycles. The summed E-state index contributed by atoms with van der Waals surface area (Å²) in [5.74, 6) is 0.704. The molecule has 0 unspecified atom stereocenters. The molecule has 0 saturated carbocycles. The average molecular weight is 487 g/mol. The second-order valence-corrected chi connectivity index (χ2v) is 10.1. The van der Waals surface area contributed by atoms with E-state index in [9.17, 15) is 12.8 Å². The zero-order chi connectivity index (χ0) is 23.2. The van der Waals surface area contributed by atoms with E-state index in [1.54, 1.807) is 23.0 Å². The minimum Gasteiger partial charge on any atom is -0.353 e. The SMILES string of the molecule is Cc1nc(N2CCN(S(=O)(=O)c3cccc(F)c3)CC2)c2cnn(-c3cccc(Cl)c3)c2n1. The summed E-state index contributed by atoms with van der Waals surface area (Å²) in [6.07, 6.45) is 1.71. The average Bonchev–Trinajstić information content (AvgIpc) is 3.22. The zero-order valence-corrected chi connectivity index (χ0v) is 19.3. The molecule has 0 spiro atoms. The fourth-order valence-corrected chi connectivity index (χ4v) is 5.59. The number of nitrogens with zero attached hydrogens (tertiary/aromatic N) is 6. The van der Waals surface area contributed by atoms with Crippen LogP contribution in [0.15, 0.2) is 59.6 Å². The Balaban J connectivity index is 1.43. The third-order valence-electron chi connectivity index (χ3n) is 5.54. The molecule has 1 aliphatic rings. The second-order valence-electron chi connectivity index (χ2n) is 7.72. The van der Waals surface area contributed by atoms with Crippen LogP contribution in [-0.4, -0.2) is 58.7 Å². The summed E-state index contributed by atoms with van der Waals surface area (Å²) in [7, 11) is -3.77. The van der Waals surface area contributed by atoms with Crippen molar-refractivity contribution in [3.8, 4) is 5.69 Å². The highest BCUT2D eigenvalue weighted by Crippen LogP contribution is 2.28. The molecule has 1 saturated heterocycles. The van der Waals surface area contributed by atoms with Crippen LogP contribution >= 0.6 is 11.6 Å². The van der Waals surface area contributed by atoms with Gasteiger partial charge in [0.1, 0.15) is 17.5 Å². The van der Waals surface area contributed by atoms with Crippen molar-refractivity contribution in [2.75, 3.05) is 31.1 Å². The Morgan fingerprint density at radius 3 is 2.48 bits per heavy atom. The number of rotatable bonds is 4. The van der Waals surface area contributed by atoms with Gasteiger partial charge < -0.3 is 4.90 Å². The molecule has 1 aliphatic heterocycles. The van der Waals surface area contributed by atoms with Crippen molar-refractivity contribution in [2.45, 2.75) is 11.8 Å². The van der Waals surface area contributed by atoms with Gasteiger partial charge in [-0.3, -0.25) is 0 Å². The molecule has 0 radical (unpaired) electrons. The largest absolute Gasteiger partial charge is 0.353 e. The van der Waals surface area contributed by atoms with E-state index in [2.05, 4.69) is 15.1 Å². The van der Waals surface area contributed by atoms with Crippen molar-refractivity contribution in [3.05, 3.63) is 71.4 Å². The summed E-state index contributed by atoms with van der Waals surface area (Å²) in [5, 5.41) is 5.85. The molecule has 4 aromatic rings. The molecular formula is C22H20ClFN6O2S. The number of halogens is 2. The van der Waals surface area contributed by atoms with Gasteiger partial charge in [0.25, 0.3) is 0 Å². The maximum absolute atomic E-state index is 13.6. The molecular weight excluding hydrogens is 467 g/mol. The van der Waals surface area contributed by atoms with Gasteiger partial charge in [-0.05, 0) is 43.3 Å². The van der Waals surface area contributed by atoms with Gasteiger partial charge in [-0.2, -0.15) is 9.40 Å². The van der Waals surface area contributed by atoms with Crippen molar-refractivity contribution >= 4 is 38.5 Å². The van der Waals surface area contributed by atoms with Gasteiger partial charge in [0.2, 0.25) is 10.0 Å². The summed E-state index contributed by atoms with van der Waals surface area (Å²) < 4.78 is 42.5. The van der Waals surface area contributed by atoms with Gasteiger partial charge in [-0.1, -0.05) is 23.7 Å².